The maximum Gasteiger partial charge on any atom is 0.328 e. The molecule has 6 nitrogen and oxygen atoms in total. The van der Waals surface area contributed by atoms with Crippen LogP contribution in [0.4, 0.5) is 11.6 Å². The Hall–Kier alpha value is -1.72. The lowest BCUT2D eigenvalue weighted by molar-refractivity contribution is -0.116. The predicted molar refractivity (Wildman–Crippen MR) is 52.3 cm³/mol. The van der Waals surface area contributed by atoms with E-state index in [2.05, 4.69) is 4.98 Å². The Kier molecular flexibility index (Phi) is 1.83. The summed E-state index contributed by atoms with van der Waals surface area (Å²) < 4.78 is 1.33. The number of nitrogens with one attached hydrogen (secondary N) is 1. The minimum Gasteiger partial charge on any atom is -0.382 e. The van der Waals surface area contributed by atoms with Gasteiger partial charge in [0.1, 0.15) is 5.82 Å². The Labute approximate surface area is 80.3 Å². The summed E-state index contributed by atoms with van der Waals surface area (Å²) in [6, 6.07) is 0. The largest absolute Gasteiger partial charge is 0.382 e. The van der Waals surface area contributed by atoms with E-state index in [0.717, 1.165) is 0 Å². The number of H-pyrrole nitrogens is 1. The number of aromatic amines is 1. The average molecular weight is 196 g/mol. The summed E-state index contributed by atoms with van der Waals surface area (Å²) in [5.41, 5.74) is 5.45. The number of Topliss-reactive ketones (excluding diaryl/α,β-unsaturated/α-hetero) is 1. The van der Waals surface area contributed by atoms with Gasteiger partial charge in [0.25, 0.3) is 0 Å². The van der Waals surface area contributed by atoms with Gasteiger partial charge < -0.3 is 10.6 Å². The van der Waals surface area contributed by atoms with Crippen LogP contribution in [0.5, 0.6) is 0 Å². The second kappa shape index (κ2) is 2.90. The molecule has 0 radical (unpaired) electrons. The summed E-state index contributed by atoms with van der Waals surface area (Å²) in [4.78, 5) is 26.7. The fourth-order valence-electron chi connectivity index (χ4n) is 1.58. The fourth-order valence-corrected chi connectivity index (χ4v) is 1.58. The number of hydrogen-bond acceptors (Lipinski definition) is 4. The Balaban J connectivity index is 2.37. The van der Waals surface area contributed by atoms with Crippen molar-refractivity contribution in [2.75, 3.05) is 23.7 Å². The highest BCUT2D eigenvalue weighted by atomic mass is 16.1. The van der Waals surface area contributed by atoms with Crippen molar-refractivity contribution in [2.24, 2.45) is 7.05 Å². The number of imidazole rings is 1. The number of rotatable bonds is 1. The van der Waals surface area contributed by atoms with E-state index < -0.39 is 0 Å². The number of anilines is 2. The van der Waals surface area contributed by atoms with Gasteiger partial charge in [-0.2, -0.15) is 0 Å². The van der Waals surface area contributed by atoms with Crippen molar-refractivity contribution in [3.8, 4) is 0 Å². The van der Waals surface area contributed by atoms with Crippen molar-refractivity contribution in [1.82, 2.24) is 9.55 Å². The van der Waals surface area contributed by atoms with Gasteiger partial charge in [0.05, 0.1) is 6.54 Å². The van der Waals surface area contributed by atoms with Crippen LogP contribution in [-0.4, -0.2) is 28.4 Å². The number of carbonyl (C=O) groups excluding carboxylic acids is 1. The molecule has 0 saturated carbocycles. The highest BCUT2D eigenvalue weighted by molar-refractivity contribution is 5.87. The zero-order valence-electron chi connectivity index (χ0n) is 7.91. The molecule has 0 amide bonds. The van der Waals surface area contributed by atoms with Crippen molar-refractivity contribution in [2.45, 2.75) is 6.42 Å². The maximum atomic E-state index is 11.2. The molecule has 2 rings (SSSR count). The average Bonchev–Trinajstić information content (AvgIpc) is 2.66. The minimum absolute atomic E-state index is 0.175. The van der Waals surface area contributed by atoms with Gasteiger partial charge in [-0.1, -0.05) is 0 Å². The molecule has 1 aromatic rings. The highest BCUT2D eigenvalue weighted by Crippen LogP contribution is 2.20. The number of aromatic nitrogens is 2. The molecule has 6 heteroatoms. The van der Waals surface area contributed by atoms with Gasteiger partial charge in [-0.05, 0) is 0 Å². The molecule has 0 atom stereocenters. The van der Waals surface area contributed by atoms with Crippen molar-refractivity contribution in [3.63, 3.8) is 0 Å². The van der Waals surface area contributed by atoms with Gasteiger partial charge in [-0.25, -0.2) is 4.79 Å². The minimum atomic E-state index is -0.253. The van der Waals surface area contributed by atoms with Gasteiger partial charge in [-0.3, -0.25) is 14.3 Å². The van der Waals surface area contributed by atoms with Crippen LogP contribution < -0.4 is 16.3 Å². The monoisotopic (exact) mass is 196 g/mol. The van der Waals surface area contributed by atoms with Crippen LogP contribution >= 0.6 is 0 Å². The SMILES string of the molecule is Cn1c(N)c(N2CCC(=O)C2)[nH]c1=O. The molecule has 0 spiro atoms. The lowest BCUT2D eigenvalue weighted by Crippen LogP contribution is -2.21. The Morgan fingerprint density at radius 3 is 2.57 bits per heavy atom. The molecular formula is C8H12N4O2. The van der Waals surface area contributed by atoms with Crippen LogP contribution in [0.1, 0.15) is 6.42 Å². The van der Waals surface area contributed by atoms with E-state index in [1.807, 2.05) is 0 Å². The molecule has 1 aliphatic heterocycles. The predicted octanol–water partition coefficient (Wildman–Crippen LogP) is -0.925. The van der Waals surface area contributed by atoms with Crippen LogP contribution in [0.25, 0.3) is 0 Å². The zero-order valence-corrected chi connectivity index (χ0v) is 7.91. The molecule has 3 N–H and O–H groups in total. The molecule has 1 aromatic heterocycles. The summed E-state index contributed by atoms with van der Waals surface area (Å²) in [6.07, 6.45) is 0.524. The number of ketones is 1. The lowest BCUT2D eigenvalue weighted by Gasteiger charge is -2.14. The summed E-state index contributed by atoms with van der Waals surface area (Å²) in [6.45, 7) is 0.965. The first kappa shape index (κ1) is 8.86. The van der Waals surface area contributed by atoms with E-state index in [9.17, 15) is 9.59 Å². The highest BCUT2D eigenvalue weighted by Gasteiger charge is 2.23. The Morgan fingerprint density at radius 1 is 1.43 bits per heavy atom. The number of nitrogens with zero attached hydrogens (tertiary/aromatic N) is 2. The van der Waals surface area contributed by atoms with Crippen LogP contribution in [0.15, 0.2) is 4.79 Å². The van der Waals surface area contributed by atoms with E-state index in [-0.39, 0.29) is 11.5 Å². The molecule has 1 fully saturated rings. The van der Waals surface area contributed by atoms with E-state index >= 15 is 0 Å². The zero-order chi connectivity index (χ0) is 10.3. The van der Waals surface area contributed by atoms with Gasteiger partial charge >= 0.3 is 5.69 Å². The molecule has 0 aliphatic carbocycles. The Morgan fingerprint density at radius 2 is 2.14 bits per heavy atom. The van der Waals surface area contributed by atoms with E-state index in [4.69, 9.17) is 5.73 Å². The van der Waals surface area contributed by atoms with E-state index in [1.165, 1.54) is 4.57 Å². The van der Waals surface area contributed by atoms with Crippen molar-refractivity contribution in [1.29, 1.82) is 0 Å². The molecule has 1 saturated heterocycles. The number of hydrogen-bond donors (Lipinski definition) is 2. The smallest absolute Gasteiger partial charge is 0.328 e. The van der Waals surface area contributed by atoms with E-state index in [1.54, 1.807) is 11.9 Å². The van der Waals surface area contributed by atoms with Crippen LogP contribution in [0.3, 0.4) is 0 Å². The van der Waals surface area contributed by atoms with Gasteiger partial charge in [0.15, 0.2) is 11.6 Å². The summed E-state index contributed by atoms with van der Waals surface area (Å²) in [5, 5.41) is 0. The first-order valence-electron chi connectivity index (χ1n) is 4.40. The quantitative estimate of drug-likeness (QED) is 0.608. The third-order valence-electron chi connectivity index (χ3n) is 2.48. The summed E-state index contributed by atoms with van der Waals surface area (Å²) in [7, 11) is 1.59. The maximum absolute atomic E-state index is 11.2. The van der Waals surface area contributed by atoms with Crippen LogP contribution in [0.2, 0.25) is 0 Å². The second-order valence-corrected chi connectivity index (χ2v) is 3.43. The molecule has 0 bridgehead atoms. The Bertz CT molecular complexity index is 431. The van der Waals surface area contributed by atoms with Crippen molar-refractivity contribution in [3.05, 3.63) is 10.5 Å². The molecule has 1 aliphatic rings. The molecule has 2 heterocycles. The summed E-state index contributed by atoms with van der Waals surface area (Å²) >= 11 is 0. The topological polar surface area (TPSA) is 84.1 Å². The van der Waals surface area contributed by atoms with E-state index in [0.29, 0.717) is 31.1 Å². The first-order chi connectivity index (χ1) is 6.59. The molecule has 14 heavy (non-hydrogen) atoms. The standard InChI is InChI=1S/C8H12N4O2/c1-11-6(9)7(10-8(11)14)12-3-2-5(13)4-12/h2-4,9H2,1H3,(H,10,14). The number of carbonyl (C=O) groups is 1. The van der Waals surface area contributed by atoms with Crippen LogP contribution in [-0.2, 0) is 11.8 Å². The second-order valence-electron chi connectivity index (χ2n) is 3.43. The fraction of sp³-hybridized carbons (Fsp3) is 0.500. The lowest BCUT2D eigenvalue weighted by atomic mass is 10.4. The molecule has 0 aromatic carbocycles. The van der Waals surface area contributed by atoms with Crippen molar-refractivity contribution >= 4 is 17.4 Å². The normalized spacial score (nSPS) is 16.6. The number of nitrogen functional groups attached to an aromatic ring is 1. The van der Waals surface area contributed by atoms with Crippen LogP contribution in [0, 0.1) is 0 Å². The summed E-state index contributed by atoms with van der Waals surface area (Å²) in [5.74, 6) is 1.11. The van der Waals surface area contributed by atoms with Gasteiger partial charge in [0, 0.05) is 20.0 Å². The van der Waals surface area contributed by atoms with Gasteiger partial charge in [-0.15, -0.1) is 0 Å². The molecular weight excluding hydrogens is 184 g/mol. The van der Waals surface area contributed by atoms with Crippen molar-refractivity contribution < 1.29 is 4.79 Å². The third-order valence-corrected chi connectivity index (χ3v) is 2.48. The molecule has 0 unspecified atom stereocenters. The van der Waals surface area contributed by atoms with Gasteiger partial charge in [0.2, 0.25) is 0 Å². The molecule has 76 valence electrons. The number of nitrogens with two attached hydrogens (primary N) is 1. The third kappa shape index (κ3) is 1.19. The first-order valence-corrected chi connectivity index (χ1v) is 4.40.